The van der Waals surface area contributed by atoms with Gasteiger partial charge >= 0.3 is 0 Å². The lowest BCUT2D eigenvalue weighted by molar-refractivity contribution is 0.142. The first kappa shape index (κ1) is 13.0. The highest BCUT2D eigenvalue weighted by Gasteiger charge is 2.20. The van der Waals surface area contributed by atoms with Crippen molar-refractivity contribution in [3.05, 3.63) is 36.1 Å². The normalized spacial score (nSPS) is 21.9. The van der Waals surface area contributed by atoms with Crippen molar-refractivity contribution in [2.45, 2.75) is 39.7 Å². The molecule has 0 saturated heterocycles. The zero-order valence-corrected chi connectivity index (χ0v) is 11.4. The van der Waals surface area contributed by atoms with Crippen molar-refractivity contribution in [1.29, 1.82) is 0 Å². The van der Waals surface area contributed by atoms with Crippen molar-refractivity contribution < 1.29 is 4.84 Å². The summed E-state index contributed by atoms with van der Waals surface area (Å²) >= 11 is 0. The van der Waals surface area contributed by atoms with E-state index in [0.29, 0.717) is 17.8 Å². The summed E-state index contributed by atoms with van der Waals surface area (Å²) in [5.41, 5.74) is 3.90. The minimum absolute atomic E-state index is 0.0666. The van der Waals surface area contributed by atoms with Gasteiger partial charge in [0.2, 0.25) is 0 Å². The van der Waals surface area contributed by atoms with E-state index in [1.807, 2.05) is 18.5 Å². The maximum atomic E-state index is 4.97. The van der Waals surface area contributed by atoms with Crippen molar-refractivity contribution in [2.24, 2.45) is 11.8 Å². The smallest absolute Gasteiger partial charge is 0.131 e. The van der Waals surface area contributed by atoms with Crippen LogP contribution in [-0.2, 0) is 4.84 Å². The standard InChI is InChI=1S/C14H21N3O/c1-9(2)10(3)11(4)14-15-7-12(8-16-14)13-5-6-18-17-13/h5-11,13,17H,1-4H3. The van der Waals surface area contributed by atoms with Crippen LogP contribution in [0.15, 0.2) is 24.7 Å². The first-order valence-corrected chi connectivity index (χ1v) is 6.49. The molecule has 1 aromatic heterocycles. The fraction of sp³-hybridized carbons (Fsp3) is 0.571. The predicted molar refractivity (Wildman–Crippen MR) is 70.6 cm³/mol. The third-order valence-electron chi connectivity index (χ3n) is 3.83. The molecule has 3 atom stereocenters. The summed E-state index contributed by atoms with van der Waals surface area (Å²) in [4.78, 5) is 13.9. The van der Waals surface area contributed by atoms with E-state index in [4.69, 9.17) is 4.84 Å². The Labute approximate surface area is 108 Å². The lowest BCUT2D eigenvalue weighted by Gasteiger charge is -2.22. The largest absolute Gasteiger partial charge is 0.416 e. The number of rotatable bonds is 4. The van der Waals surface area contributed by atoms with Crippen molar-refractivity contribution in [1.82, 2.24) is 15.4 Å². The molecule has 1 N–H and O–H groups in total. The molecule has 0 fully saturated rings. The quantitative estimate of drug-likeness (QED) is 0.888. The van der Waals surface area contributed by atoms with Gasteiger partial charge in [-0.15, -0.1) is 5.48 Å². The Hall–Kier alpha value is -1.42. The Balaban J connectivity index is 2.09. The molecule has 1 aromatic rings. The van der Waals surface area contributed by atoms with Crippen LogP contribution in [0.2, 0.25) is 0 Å². The second-order valence-corrected chi connectivity index (χ2v) is 5.31. The van der Waals surface area contributed by atoms with Crippen molar-refractivity contribution in [2.75, 3.05) is 0 Å². The molecule has 0 amide bonds. The highest BCUT2D eigenvalue weighted by Crippen LogP contribution is 2.27. The molecule has 2 heterocycles. The molecule has 0 aromatic carbocycles. The Morgan fingerprint density at radius 3 is 2.33 bits per heavy atom. The molecule has 0 radical (unpaired) electrons. The predicted octanol–water partition coefficient (Wildman–Crippen LogP) is 2.96. The fourth-order valence-electron chi connectivity index (χ4n) is 2.01. The van der Waals surface area contributed by atoms with Crippen LogP contribution in [-0.4, -0.2) is 9.97 Å². The highest BCUT2D eigenvalue weighted by atomic mass is 16.6. The van der Waals surface area contributed by atoms with Gasteiger partial charge in [-0.3, -0.25) is 0 Å². The molecule has 98 valence electrons. The average Bonchev–Trinajstić information content (AvgIpc) is 2.91. The average molecular weight is 247 g/mol. The Morgan fingerprint density at radius 1 is 1.17 bits per heavy atom. The highest BCUT2D eigenvalue weighted by molar-refractivity contribution is 5.18. The van der Waals surface area contributed by atoms with Gasteiger partial charge in [-0.25, -0.2) is 9.97 Å². The number of aromatic nitrogens is 2. The molecule has 0 saturated carbocycles. The van der Waals surface area contributed by atoms with Gasteiger partial charge in [0, 0.05) is 23.9 Å². The number of nitrogens with one attached hydrogen (secondary N) is 1. The summed E-state index contributed by atoms with van der Waals surface area (Å²) < 4.78 is 0. The van der Waals surface area contributed by atoms with Gasteiger partial charge in [0.25, 0.3) is 0 Å². The van der Waals surface area contributed by atoms with Crippen LogP contribution in [0.3, 0.4) is 0 Å². The van der Waals surface area contributed by atoms with Crippen molar-refractivity contribution in [3.63, 3.8) is 0 Å². The lowest BCUT2D eigenvalue weighted by Crippen LogP contribution is -2.17. The molecule has 4 nitrogen and oxygen atoms in total. The SMILES string of the molecule is CC(C)C(C)C(C)c1ncc(C2C=CON2)cn1. The first-order chi connectivity index (χ1) is 8.59. The number of hydrogen-bond donors (Lipinski definition) is 1. The van der Waals surface area contributed by atoms with E-state index in [9.17, 15) is 0 Å². The van der Waals surface area contributed by atoms with Crippen LogP contribution >= 0.6 is 0 Å². The van der Waals surface area contributed by atoms with E-state index < -0.39 is 0 Å². The minimum Gasteiger partial charge on any atom is -0.416 e. The van der Waals surface area contributed by atoms with Gasteiger partial charge in [0.15, 0.2) is 0 Å². The van der Waals surface area contributed by atoms with Gasteiger partial charge < -0.3 is 4.84 Å². The second-order valence-electron chi connectivity index (χ2n) is 5.31. The molecule has 0 bridgehead atoms. The van der Waals surface area contributed by atoms with E-state index in [0.717, 1.165) is 11.4 Å². The van der Waals surface area contributed by atoms with E-state index in [1.165, 1.54) is 0 Å². The van der Waals surface area contributed by atoms with Crippen LogP contribution < -0.4 is 5.48 Å². The zero-order valence-electron chi connectivity index (χ0n) is 11.4. The van der Waals surface area contributed by atoms with Crippen molar-refractivity contribution in [3.8, 4) is 0 Å². The Kier molecular flexibility index (Phi) is 3.97. The van der Waals surface area contributed by atoms with Crippen molar-refractivity contribution >= 4 is 0 Å². The van der Waals surface area contributed by atoms with Crippen LogP contribution in [0.4, 0.5) is 0 Å². The molecule has 3 unspecified atom stereocenters. The van der Waals surface area contributed by atoms with Gasteiger partial charge in [-0.1, -0.05) is 27.7 Å². The molecule has 1 aliphatic heterocycles. The Bertz CT molecular complexity index is 414. The summed E-state index contributed by atoms with van der Waals surface area (Å²) in [6.07, 6.45) is 7.34. The molecule has 4 heteroatoms. The summed E-state index contributed by atoms with van der Waals surface area (Å²) in [5, 5.41) is 0. The van der Waals surface area contributed by atoms with Crippen LogP contribution in [0.25, 0.3) is 0 Å². The van der Waals surface area contributed by atoms with Gasteiger partial charge in [0.05, 0.1) is 6.04 Å². The number of hydroxylamine groups is 1. The van der Waals surface area contributed by atoms with E-state index in [-0.39, 0.29) is 6.04 Å². The van der Waals surface area contributed by atoms with Crippen LogP contribution in [0.1, 0.15) is 51.0 Å². The molecule has 2 rings (SSSR count). The van der Waals surface area contributed by atoms with Crippen LogP contribution in [0, 0.1) is 11.8 Å². The number of nitrogens with zero attached hydrogens (tertiary/aromatic N) is 2. The molecule has 1 aliphatic rings. The van der Waals surface area contributed by atoms with E-state index >= 15 is 0 Å². The second kappa shape index (κ2) is 5.48. The third kappa shape index (κ3) is 2.70. The summed E-state index contributed by atoms with van der Waals surface area (Å²) in [5.74, 6) is 2.50. The number of hydrogen-bond acceptors (Lipinski definition) is 4. The maximum Gasteiger partial charge on any atom is 0.131 e. The molecule has 0 aliphatic carbocycles. The van der Waals surface area contributed by atoms with E-state index in [1.54, 1.807) is 6.26 Å². The summed E-state index contributed by atoms with van der Waals surface area (Å²) in [7, 11) is 0. The topological polar surface area (TPSA) is 47.0 Å². The zero-order chi connectivity index (χ0) is 13.1. The summed E-state index contributed by atoms with van der Waals surface area (Å²) in [6, 6.07) is 0.0666. The lowest BCUT2D eigenvalue weighted by atomic mass is 9.85. The van der Waals surface area contributed by atoms with Crippen LogP contribution in [0.5, 0.6) is 0 Å². The monoisotopic (exact) mass is 247 g/mol. The van der Waals surface area contributed by atoms with E-state index in [2.05, 4.69) is 43.1 Å². The fourth-order valence-corrected chi connectivity index (χ4v) is 2.01. The Morgan fingerprint density at radius 2 is 1.83 bits per heavy atom. The molecule has 18 heavy (non-hydrogen) atoms. The molecule has 0 spiro atoms. The first-order valence-electron chi connectivity index (χ1n) is 6.49. The third-order valence-corrected chi connectivity index (χ3v) is 3.83. The summed E-state index contributed by atoms with van der Waals surface area (Å²) in [6.45, 7) is 8.92. The van der Waals surface area contributed by atoms with Gasteiger partial charge in [-0.2, -0.15) is 0 Å². The molecular formula is C14H21N3O. The minimum atomic E-state index is 0.0666. The maximum absolute atomic E-state index is 4.97. The molecular weight excluding hydrogens is 226 g/mol. The van der Waals surface area contributed by atoms with Gasteiger partial charge in [-0.05, 0) is 17.9 Å². The van der Waals surface area contributed by atoms with Gasteiger partial charge in [0.1, 0.15) is 12.1 Å².